The molecule has 8 heteroatoms. The number of likely N-dealkylation sites (tertiary alicyclic amines) is 1. The lowest BCUT2D eigenvalue weighted by Crippen LogP contribution is -2.48. The summed E-state index contributed by atoms with van der Waals surface area (Å²) in [5.74, 6) is 0.181. The standard InChI is InChI=1S/C22H27FN2O4S/c1-28-15-14-25-19-10-12-24(16-17-6-2-3-7-18(17)23)13-11-20(19)29-21-8-4-5-9-22(21)30(25,26)27/h2-9,19-20H,10-16H2,1H3/t19-,20-/m0/s1. The quantitative estimate of drug-likeness (QED) is 0.724. The lowest BCUT2D eigenvalue weighted by atomic mass is 10.1. The van der Waals surface area contributed by atoms with Gasteiger partial charge in [0.05, 0.1) is 12.6 Å². The zero-order chi connectivity index (χ0) is 21.1. The summed E-state index contributed by atoms with van der Waals surface area (Å²) in [7, 11) is -2.15. The minimum Gasteiger partial charge on any atom is -0.487 e. The minimum atomic E-state index is -3.71. The molecule has 30 heavy (non-hydrogen) atoms. The second kappa shape index (κ2) is 9.01. The van der Waals surface area contributed by atoms with E-state index in [1.807, 2.05) is 6.07 Å². The molecule has 2 aromatic rings. The molecule has 1 fully saturated rings. The number of para-hydroxylation sites is 1. The summed E-state index contributed by atoms with van der Waals surface area (Å²) in [5, 5.41) is 0. The molecule has 0 N–H and O–H groups in total. The van der Waals surface area contributed by atoms with Crippen molar-refractivity contribution in [3.63, 3.8) is 0 Å². The molecule has 0 unspecified atom stereocenters. The van der Waals surface area contributed by atoms with Crippen molar-refractivity contribution >= 4 is 10.0 Å². The maximum atomic E-state index is 14.1. The SMILES string of the molecule is COCCN1[C@H]2CCN(Cc3ccccc3F)CC[C@@H]2Oc2ccccc2S1(=O)=O. The molecule has 1 saturated heterocycles. The van der Waals surface area contributed by atoms with Crippen molar-refractivity contribution in [1.82, 2.24) is 9.21 Å². The molecule has 0 spiro atoms. The number of hydrogen-bond acceptors (Lipinski definition) is 5. The van der Waals surface area contributed by atoms with Gasteiger partial charge >= 0.3 is 0 Å². The Morgan fingerprint density at radius 2 is 1.83 bits per heavy atom. The Kier molecular flexibility index (Phi) is 6.38. The van der Waals surface area contributed by atoms with Gasteiger partial charge in [0.2, 0.25) is 10.0 Å². The Balaban J connectivity index is 1.61. The maximum absolute atomic E-state index is 14.1. The van der Waals surface area contributed by atoms with Crippen LogP contribution in [0.2, 0.25) is 0 Å². The van der Waals surface area contributed by atoms with E-state index in [2.05, 4.69) is 4.90 Å². The van der Waals surface area contributed by atoms with Crippen LogP contribution in [0.5, 0.6) is 5.75 Å². The second-order valence-corrected chi connectivity index (χ2v) is 9.58. The van der Waals surface area contributed by atoms with Gasteiger partial charge in [-0.1, -0.05) is 30.3 Å². The maximum Gasteiger partial charge on any atom is 0.247 e. The van der Waals surface area contributed by atoms with Crippen LogP contribution in [0.15, 0.2) is 53.4 Å². The smallest absolute Gasteiger partial charge is 0.247 e. The van der Waals surface area contributed by atoms with Gasteiger partial charge in [-0.3, -0.25) is 4.90 Å². The molecule has 0 bridgehead atoms. The van der Waals surface area contributed by atoms with Crippen LogP contribution in [0.1, 0.15) is 18.4 Å². The Morgan fingerprint density at radius 3 is 2.63 bits per heavy atom. The third-order valence-electron chi connectivity index (χ3n) is 5.85. The van der Waals surface area contributed by atoms with Gasteiger partial charge in [0.15, 0.2) is 0 Å². The first-order valence-corrected chi connectivity index (χ1v) is 11.7. The number of methoxy groups -OCH3 is 1. The Morgan fingerprint density at radius 1 is 1.10 bits per heavy atom. The lowest BCUT2D eigenvalue weighted by Gasteiger charge is -2.31. The minimum absolute atomic E-state index is 0.206. The van der Waals surface area contributed by atoms with Crippen molar-refractivity contribution in [2.24, 2.45) is 0 Å². The molecular weight excluding hydrogens is 407 g/mol. The highest BCUT2D eigenvalue weighted by molar-refractivity contribution is 7.89. The van der Waals surface area contributed by atoms with E-state index in [1.54, 1.807) is 47.8 Å². The van der Waals surface area contributed by atoms with Gasteiger partial charge in [0.25, 0.3) is 0 Å². The number of ether oxygens (including phenoxy) is 2. The first-order chi connectivity index (χ1) is 14.5. The summed E-state index contributed by atoms with van der Waals surface area (Å²) in [6, 6.07) is 13.3. The third-order valence-corrected chi connectivity index (χ3v) is 7.82. The molecule has 0 radical (unpaired) electrons. The van der Waals surface area contributed by atoms with Gasteiger partial charge in [0.1, 0.15) is 22.6 Å². The van der Waals surface area contributed by atoms with E-state index >= 15 is 0 Å². The fourth-order valence-electron chi connectivity index (χ4n) is 4.30. The van der Waals surface area contributed by atoms with E-state index in [4.69, 9.17) is 9.47 Å². The third kappa shape index (κ3) is 4.23. The summed E-state index contributed by atoms with van der Waals surface area (Å²) in [6.07, 6.45) is 0.994. The molecule has 2 heterocycles. The molecular formula is C22H27FN2O4S. The Hall–Kier alpha value is -2.00. The number of halogens is 1. The Labute approximate surface area is 177 Å². The molecule has 2 aromatic carbocycles. The van der Waals surface area contributed by atoms with Crippen molar-refractivity contribution < 1.29 is 22.3 Å². The average Bonchev–Trinajstić information content (AvgIpc) is 2.97. The highest BCUT2D eigenvalue weighted by Gasteiger charge is 2.43. The van der Waals surface area contributed by atoms with E-state index < -0.39 is 10.0 Å². The number of hydrogen-bond donors (Lipinski definition) is 0. The molecule has 2 atom stereocenters. The van der Waals surface area contributed by atoms with E-state index in [9.17, 15) is 12.8 Å². The molecule has 0 amide bonds. The molecule has 4 rings (SSSR count). The van der Waals surface area contributed by atoms with E-state index in [0.29, 0.717) is 50.4 Å². The number of fused-ring (bicyclic) bond motifs is 2. The van der Waals surface area contributed by atoms with Gasteiger partial charge in [-0.15, -0.1) is 0 Å². The summed E-state index contributed by atoms with van der Waals surface area (Å²) in [4.78, 5) is 2.38. The van der Waals surface area contributed by atoms with Crippen LogP contribution in [-0.4, -0.2) is 63.1 Å². The molecule has 0 aromatic heterocycles. The monoisotopic (exact) mass is 434 g/mol. The fourth-order valence-corrected chi connectivity index (χ4v) is 6.09. The molecule has 2 aliphatic rings. The van der Waals surface area contributed by atoms with Crippen LogP contribution < -0.4 is 4.74 Å². The van der Waals surface area contributed by atoms with Crippen molar-refractivity contribution in [2.75, 3.05) is 33.4 Å². The van der Waals surface area contributed by atoms with Gasteiger partial charge in [0, 0.05) is 38.9 Å². The largest absolute Gasteiger partial charge is 0.487 e. The van der Waals surface area contributed by atoms with Crippen LogP contribution in [0.3, 0.4) is 0 Å². The fraction of sp³-hybridized carbons (Fsp3) is 0.455. The van der Waals surface area contributed by atoms with Crippen LogP contribution in [0.4, 0.5) is 4.39 Å². The van der Waals surface area contributed by atoms with Crippen molar-refractivity contribution in [3.8, 4) is 5.75 Å². The normalized spacial score (nSPS) is 24.2. The predicted molar refractivity (Wildman–Crippen MR) is 111 cm³/mol. The highest BCUT2D eigenvalue weighted by Crippen LogP contribution is 2.36. The topological polar surface area (TPSA) is 59.1 Å². The van der Waals surface area contributed by atoms with Crippen molar-refractivity contribution in [2.45, 2.75) is 36.4 Å². The number of sulfonamides is 1. The van der Waals surface area contributed by atoms with Crippen LogP contribution >= 0.6 is 0 Å². The summed E-state index contributed by atoms with van der Waals surface area (Å²) in [5.41, 5.74) is 0.648. The van der Waals surface area contributed by atoms with Crippen molar-refractivity contribution in [3.05, 3.63) is 59.9 Å². The molecule has 0 saturated carbocycles. The summed E-state index contributed by atoms with van der Waals surface area (Å²) >= 11 is 0. The first kappa shape index (κ1) is 21.2. The number of nitrogens with zero attached hydrogens (tertiary/aromatic N) is 2. The zero-order valence-electron chi connectivity index (χ0n) is 17.0. The van der Waals surface area contributed by atoms with Crippen molar-refractivity contribution in [1.29, 1.82) is 0 Å². The van der Waals surface area contributed by atoms with E-state index in [-0.39, 0.29) is 29.4 Å². The average molecular weight is 435 g/mol. The van der Waals surface area contributed by atoms with Gasteiger partial charge in [-0.2, -0.15) is 4.31 Å². The predicted octanol–water partition coefficient (Wildman–Crippen LogP) is 2.89. The van der Waals surface area contributed by atoms with Gasteiger partial charge in [-0.05, 0) is 31.0 Å². The van der Waals surface area contributed by atoms with E-state index in [0.717, 1.165) is 0 Å². The van der Waals surface area contributed by atoms with Crippen LogP contribution in [0, 0.1) is 5.82 Å². The van der Waals surface area contributed by atoms with Crippen LogP contribution in [-0.2, 0) is 21.3 Å². The number of rotatable bonds is 5. The molecule has 2 aliphatic heterocycles. The molecule has 6 nitrogen and oxygen atoms in total. The van der Waals surface area contributed by atoms with E-state index in [1.165, 1.54) is 6.07 Å². The first-order valence-electron chi connectivity index (χ1n) is 10.2. The zero-order valence-corrected chi connectivity index (χ0v) is 17.9. The molecule has 0 aliphatic carbocycles. The second-order valence-electron chi connectivity index (χ2n) is 7.72. The van der Waals surface area contributed by atoms with Crippen LogP contribution in [0.25, 0.3) is 0 Å². The Bertz CT molecular complexity index is 985. The van der Waals surface area contributed by atoms with Gasteiger partial charge < -0.3 is 9.47 Å². The summed E-state index contributed by atoms with van der Waals surface area (Å²) in [6.45, 7) is 2.44. The highest BCUT2D eigenvalue weighted by atomic mass is 32.2. The lowest BCUT2D eigenvalue weighted by molar-refractivity contribution is 0.0958. The van der Waals surface area contributed by atoms with Gasteiger partial charge in [-0.25, -0.2) is 12.8 Å². The number of benzene rings is 2. The molecule has 162 valence electrons. The summed E-state index contributed by atoms with van der Waals surface area (Å²) < 4.78 is 54.0.